The summed E-state index contributed by atoms with van der Waals surface area (Å²) in [5.74, 6) is 0.991. The lowest BCUT2D eigenvalue weighted by Gasteiger charge is -2.06. The van der Waals surface area contributed by atoms with Crippen LogP contribution in [0.1, 0.15) is 17.3 Å². The number of fused-ring (bicyclic) bond motifs is 1. The Morgan fingerprint density at radius 2 is 2.14 bits per heavy atom. The van der Waals surface area contributed by atoms with Crippen LogP contribution in [0.3, 0.4) is 0 Å². The minimum absolute atomic E-state index is 0.274. The first-order chi connectivity index (χ1) is 13.6. The number of H-pyrrole nitrogens is 1. The van der Waals surface area contributed by atoms with Gasteiger partial charge in [0.25, 0.3) is 5.91 Å². The lowest BCUT2D eigenvalue weighted by Crippen LogP contribution is -2.12. The maximum Gasteiger partial charge on any atom is 0.258 e. The molecule has 1 aromatic carbocycles. The van der Waals surface area contributed by atoms with E-state index in [0.29, 0.717) is 11.4 Å². The third kappa shape index (κ3) is 3.27. The monoisotopic (exact) mass is 439 g/mol. The van der Waals surface area contributed by atoms with Gasteiger partial charge >= 0.3 is 0 Å². The number of aromatic amines is 1. The highest BCUT2D eigenvalue weighted by atomic mass is 79.9. The average Bonchev–Trinajstić information content (AvgIpc) is 3.31. The summed E-state index contributed by atoms with van der Waals surface area (Å²) < 4.78 is 8.40. The number of amides is 1. The van der Waals surface area contributed by atoms with E-state index in [9.17, 15) is 4.79 Å². The zero-order chi connectivity index (χ0) is 19.7. The van der Waals surface area contributed by atoms with E-state index in [1.54, 1.807) is 19.4 Å². The Bertz CT molecular complexity index is 1160. The van der Waals surface area contributed by atoms with Gasteiger partial charge in [0, 0.05) is 34.9 Å². The second-order valence-corrected chi connectivity index (χ2v) is 7.10. The van der Waals surface area contributed by atoms with Crippen LogP contribution in [0.25, 0.3) is 22.3 Å². The van der Waals surface area contributed by atoms with Crippen molar-refractivity contribution in [3.8, 4) is 17.1 Å². The Morgan fingerprint density at radius 3 is 2.89 bits per heavy atom. The van der Waals surface area contributed by atoms with Crippen LogP contribution in [0, 0.1) is 0 Å². The molecule has 0 spiro atoms. The molecule has 0 bridgehead atoms. The van der Waals surface area contributed by atoms with E-state index in [0.717, 1.165) is 39.1 Å². The van der Waals surface area contributed by atoms with Crippen LogP contribution in [-0.2, 0) is 6.54 Å². The number of nitrogens with zero attached hydrogens (tertiary/aromatic N) is 3. The summed E-state index contributed by atoms with van der Waals surface area (Å²) in [4.78, 5) is 16.4. The van der Waals surface area contributed by atoms with E-state index >= 15 is 0 Å². The number of benzene rings is 1. The van der Waals surface area contributed by atoms with E-state index in [1.807, 2.05) is 18.2 Å². The molecular formula is C20H18BrN5O2. The topological polar surface area (TPSA) is 84.8 Å². The zero-order valence-corrected chi connectivity index (χ0v) is 16.9. The van der Waals surface area contributed by atoms with Crippen molar-refractivity contribution in [2.75, 3.05) is 12.4 Å². The lowest BCUT2D eigenvalue weighted by molar-refractivity contribution is 0.102. The number of hydrogen-bond acceptors (Lipinski definition) is 4. The number of halogens is 1. The Kier molecular flexibility index (Phi) is 4.87. The molecule has 0 aliphatic rings. The van der Waals surface area contributed by atoms with Crippen molar-refractivity contribution in [2.24, 2.45) is 0 Å². The van der Waals surface area contributed by atoms with Crippen LogP contribution in [0.15, 0.2) is 53.3 Å². The summed E-state index contributed by atoms with van der Waals surface area (Å²) in [5.41, 5.74) is 3.31. The Hall–Kier alpha value is -3.13. The fourth-order valence-corrected chi connectivity index (χ4v) is 3.61. The van der Waals surface area contributed by atoms with Crippen LogP contribution in [0.4, 0.5) is 5.82 Å². The molecule has 0 fully saturated rings. The number of anilines is 1. The fourth-order valence-electron chi connectivity index (χ4n) is 3.24. The van der Waals surface area contributed by atoms with Crippen LogP contribution in [0.2, 0.25) is 0 Å². The van der Waals surface area contributed by atoms with E-state index in [2.05, 4.69) is 60.1 Å². The fraction of sp³-hybridized carbons (Fsp3) is 0.150. The minimum atomic E-state index is -0.274. The van der Waals surface area contributed by atoms with E-state index < -0.39 is 0 Å². The molecule has 7 nitrogen and oxygen atoms in total. The second-order valence-electron chi connectivity index (χ2n) is 6.18. The summed E-state index contributed by atoms with van der Waals surface area (Å²) in [6.45, 7) is 2.87. The number of rotatable bonds is 5. The standard InChI is InChI=1S/C20H18BrN5O2/c1-3-26-16-5-4-6-18(28-2)14(16)8-17(26)15-9-19(25-24-15)23-20(27)12-7-13(21)11-22-10-12/h4-11H,3H2,1-2H3,(H2,23,24,25,27). The quantitative estimate of drug-likeness (QED) is 0.480. The number of carbonyl (C=O) groups excluding carboxylic acids is 1. The summed E-state index contributed by atoms with van der Waals surface area (Å²) in [7, 11) is 1.67. The third-order valence-corrected chi connectivity index (χ3v) is 4.94. The molecular weight excluding hydrogens is 422 g/mol. The normalized spacial score (nSPS) is 11.0. The summed E-state index contributed by atoms with van der Waals surface area (Å²) >= 11 is 3.32. The van der Waals surface area contributed by atoms with Crippen LogP contribution in [-0.4, -0.2) is 32.8 Å². The third-order valence-electron chi connectivity index (χ3n) is 4.50. The van der Waals surface area contributed by atoms with Gasteiger partial charge in [0.2, 0.25) is 0 Å². The number of ether oxygens (including phenoxy) is 1. The van der Waals surface area contributed by atoms with Crippen molar-refractivity contribution in [1.82, 2.24) is 19.7 Å². The van der Waals surface area contributed by atoms with Gasteiger partial charge in [0.05, 0.1) is 29.6 Å². The van der Waals surface area contributed by atoms with Gasteiger partial charge in [0.15, 0.2) is 5.82 Å². The maximum absolute atomic E-state index is 12.4. The van der Waals surface area contributed by atoms with Crippen molar-refractivity contribution < 1.29 is 9.53 Å². The number of aryl methyl sites for hydroxylation is 1. The van der Waals surface area contributed by atoms with Crippen LogP contribution >= 0.6 is 15.9 Å². The molecule has 28 heavy (non-hydrogen) atoms. The molecule has 4 rings (SSSR count). The summed E-state index contributed by atoms with van der Waals surface area (Å²) in [6, 6.07) is 11.6. The molecule has 0 unspecified atom stereocenters. The SMILES string of the molecule is CCn1c(-c2cc(NC(=O)c3cncc(Br)c3)n[nH]2)cc2c(OC)cccc21. The molecule has 8 heteroatoms. The highest BCUT2D eigenvalue weighted by Gasteiger charge is 2.16. The predicted octanol–water partition coefficient (Wildman–Crippen LogP) is 4.47. The van der Waals surface area contributed by atoms with Crippen molar-refractivity contribution in [3.63, 3.8) is 0 Å². The molecule has 3 aromatic heterocycles. The number of nitrogens with one attached hydrogen (secondary N) is 2. The van der Waals surface area contributed by atoms with E-state index in [4.69, 9.17) is 4.74 Å². The second kappa shape index (κ2) is 7.47. The van der Waals surface area contributed by atoms with Crippen molar-refractivity contribution in [3.05, 3.63) is 58.8 Å². The predicted molar refractivity (Wildman–Crippen MR) is 112 cm³/mol. The van der Waals surface area contributed by atoms with Gasteiger partial charge in [-0.3, -0.25) is 14.9 Å². The Morgan fingerprint density at radius 1 is 1.29 bits per heavy atom. The first-order valence-electron chi connectivity index (χ1n) is 8.74. The van der Waals surface area contributed by atoms with Gasteiger partial charge in [0.1, 0.15) is 5.75 Å². The van der Waals surface area contributed by atoms with Crippen molar-refractivity contribution in [2.45, 2.75) is 13.5 Å². The van der Waals surface area contributed by atoms with Gasteiger partial charge in [-0.15, -0.1) is 0 Å². The van der Waals surface area contributed by atoms with Crippen LogP contribution in [0.5, 0.6) is 5.75 Å². The van der Waals surface area contributed by atoms with E-state index in [-0.39, 0.29) is 5.91 Å². The largest absolute Gasteiger partial charge is 0.496 e. The lowest BCUT2D eigenvalue weighted by atomic mass is 10.2. The molecule has 142 valence electrons. The van der Waals surface area contributed by atoms with Crippen molar-refractivity contribution >= 4 is 38.6 Å². The molecule has 3 heterocycles. The number of methoxy groups -OCH3 is 1. The summed E-state index contributed by atoms with van der Waals surface area (Å²) in [5, 5.41) is 11.1. The molecule has 0 aliphatic heterocycles. The maximum atomic E-state index is 12.4. The average molecular weight is 440 g/mol. The molecule has 0 aliphatic carbocycles. The number of aromatic nitrogens is 4. The number of carbonyl (C=O) groups is 1. The van der Waals surface area contributed by atoms with Gasteiger partial charge in [-0.25, -0.2) is 0 Å². The molecule has 2 N–H and O–H groups in total. The molecule has 4 aromatic rings. The summed E-state index contributed by atoms with van der Waals surface area (Å²) in [6.07, 6.45) is 3.14. The zero-order valence-electron chi connectivity index (χ0n) is 15.4. The van der Waals surface area contributed by atoms with Gasteiger partial charge in [-0.1, -0.05) is 6.07 Å². The number of pyridine rings is 1. The number of hydrogen-bond donors (Lipinski definition) is 2. The first kappa shape index (κ1) is 18.2. The van der Waals surface area contributed by atoms with Gasteiger partial charge in [-0.05, 0) is 47.1 Å². The van der Waals surface area contributed by atoms with E-state index in [1.165, 1.54) is 6.20 Å². The molecule has 0 atom stereocenters. The smallest absolute Gasteiger partial charge is 0.258 e. The molecule has 0 saturated carbocycles. The molecule has 0 radical (unpaired) electrons. The van der Waals surface area contributed by atoms with Gasteiger partial charge in [-0.2, -0.15) is 5.10 Å². The molecule has 0 saturated heterocycles. The first-order valence-corrected chi connectivity index (χ1v) is 9.54. The van der Waals surface area contributed by atoms with Crippen molar-refractivity contribution in [1.29, 1.82) is 0 Å². The molecule has 1 amide bonds. The highest BCUT2D eigenvalue weighted by Crippen LogP contribution is 2.33. The Balaban J connectivity index is 1.67. The Labute approximate surface area is 169 Å². The van der Waals surface area contributed by atoms with Crippen LogP contribution < -0.4 is 10.1 Å². The highest BCUT2D eigenvalue weighted by molar-refractivity contribution is 9.10. The minimum Gasteiger partial charge on any atom is -0.496 e. The van der Waals surface area contributed by atoms with Gasteiger partial charge < -0.3 is 14.6 Å².